The fourth-order valence-electron chi connectivity index (χ4n) is 3.14. The molecule has 4 heteroatoms. The Labute approximate surface area is 117 Å². The SMILES string of the molecule is CC1CCC(NC(=O)C2(N)CCCCC2)CC1.Cl. The van der Waals surface area contributed by atoms with Crippen LogP contribution in [0.25, 0.3) is 0 Å². The first-order valence-corrected chi connectivity index (χ1v) is 7.20. The van der Waals surface area contributed by atoms with Crippen molar-refractivity contribution in [3.63, 3.8) is 0 Å². The van der Waals surface area contributed by atoms with E-state index < -0.39 is 5.54 Å². The van der Waals surface area contributed by atoms with Crippen molar-refractivity contribution in [1.29, 1.82) is 0 Å². The Bertz CT molecular complexity index is 269. The van der Waals surface area contributed by atoms with E-state index in [1.165, 1.54) is 19.3 Å². The van der Waals surface area contributed by atoms with E-state index >= 15 is 0 Å². The molecule has 0 aromatic heterocycles. The van der Waals surface area contributed by atoms with Crippen molar-refractivity contribution in [2.24, 2.45) is 11.7 Å². The second kappa shape index (κ2) is 6.76. The zero-order valence-corrected chi connectivity index (χ0v) is 12.2. The zero-order chi connectivity index (χ0) is 12.3. The number of nitrogens with two attached hydrogens (primary N) is 1. The lowest BCUT2D eigenvalue weighted by molar-refractivity contribution is -0.128. The number of rotatable bonds is 2. The molecule has 18 heavy (non-hydrogen) atoms. The van der Waals surface area contributed by atoms with Crippen molar-refractivity contribution in [1.82, 2.24) is 5.32 Å². The van der Waals surface area contributed by atoms with Crippen LogP contribution in [0.5, 0.6) is 0 Å². The first kappa shape index (κ1) is 15.8. The molecule has 2 aliphatic rings. The highest BCUT2D eigenvalue weighted by atomic mass is 35.5. The lowest BCUT2D eigenvalue weighted by Crippen LogP contribution is -2.57. The van der Waals surface area contributed by atoms with Gasteiger partial charge in [0, 0.05) is 6.04 Å². The quantitative estimate of drug-likeness (QED) is 0.814. The summed E-state index contributed by atoms with van der Waals surface area (Å²) in [7, 11) is 0. The van der Waals surface area contributed by atoms with Crippen LogP contribution in [0.2, 0.25) is 0 Å². The van der Waals surface area contributed by atoms with Crippen molar-refractivity contribution in [2.75, 3.05) is 0 Å². The normalized spacial score (nSPS) is 31.2. The van der Waals surface area contributed by atoms with E-state index in [1.807, 2.05) is 0 Å². The van der Waals surface area contributed by atoms with Gasteiger partial charge < -0.3 is 11.1 Å². The highest BCUT2D eigenvalue weighted by Gasteiger charge is 2.36. The van der Waals surface area contributed by atoms with Crippen LogP contribution in [0.3, 0.4) is 0 Å². The molecule has 0 radical (unpaired) electrons. The van der Waals surface area contributed by atoms with Gasteiger partial charge in [-0.1, -0.05) is 26.2 Å². The van der Waals surface area contributed by atoms with Gasteiger partial charge in [0.15, 0.2) is 0 Å². The molecule has 0 spiro atoms. The monoisotopic (exact) mass is 274 g/mol. The number of nitrogens with one attached hydrogen (secondary N) is 1. The summed E-state index contributed by atoms with van der Waals surface area (Å²) >= 11 is 0. The maximum atomic E-state index is 12.2. The molecule has 2 rings (SSSR count). The van der Waals surface area contributed by atoms with Gasteiger partial charge in [-0.3, -0.25) is 4.79 Å². The third-order valence-electron chi connectivity index (χ3n) is 4.55. The van der Waals surface area contributed by atoms with Crippen LogP contribution >= 0.6 is 12.4 Å². The Morgan fingerprint density at radius 3 is 2.22 bits per heavy atom. The molecule has 3 nitrogen and oxygen atoms in total. The molecule has 2 saturated carbocycles. The Kier molecular flexibility index (Phi) is 5.93. The molecule has 3 N–H and O–H groups in total. The average Bonchev–Trinajstić information content (AvgIpc) is 2.33. The van der Waals surface area contributed by atoms with Crippen molar-refractivity contribution in [3.05, 3.63) is 0 Å². The van der Waals surface area contributed by atoms with E-state index in [9.17, 15) is 4.79 Å². The smallest absolute Gasteiger partial charge is 0.240 e. The Morgan fingerprint density at radius 2 is 1.67 bits per heavy atom. The standard InChI is InChI=1S/C14H26N2O.ClH/c1-11-5-7-12(8-6-11)16-13(17)14(15)9-3-2-4-10-14;/h11-12H,2-10,15H2,1H3,(H,16,17);1H. The average molecular weight is 275 g/mol. The predicted molar refractivity (Wildman–Crippen MR) is 76.8 cm³/mol. The molecular formula is C14H27ClN2O. The predicted octanol–water partition coefficient (Wildman–Crippen LogP) is 2.76. The minimum absolute atomic E-state index is 0. The molecule has 1 amide bonds. The molecule has 0 aromatic rings. The van der Waals surface area contributed by atoms with E-state index in [0.717, 1.165) is 44.4 Å². The van der Waals surface area contributed by atoms with Crippen LogP contribution in [0.15, 0.2) is 0 Å². The molecule has 2 aliphatic carbocycles. The summed E-state index contributed by atoms with van der Waals surface area (Å²) < 4.78 is 0. The molecule has 2 fully saturated rings. The van der Waals surface area contributed by atoms with E-state index in [0.29, 0.717) is 6.04 Å². The molecule has 106 valence electrons. The maximum Gasteiger partial charge on any atom is 0.240 e. The summed E-state index contributed by atoms with van der Waals surface area (Å²) in [6.07, 6.45) is 9.89. The fourth-order valence-corrected chi connectivity index (χ4v) is 3.14. The highest BCUT2D eigenvalue weighted by Crippen LogP contribution is 2.28. The van der Waals surface area contributed by atoms with Crippen molar-refractivity contribution in [2.45, 2.75) is 76.3 Å². The van der Waals surface area contributed by atoms with Gasteiger partial charge in [-0.05, 0) is 44.4 Å². The molecule has 0 unspecified atom stereocenters. The second-order valence-electron chi connectivity index (χ2n) is 6.15. The van der Waals surface area contributed by atoms with E-state index in [2.05, 4.69) is 12.2 Å². The van der Waals surface area contributed by atoms with Crippen LogP contribution in [0, 0.1) is 5.92 Å². The largest absolute Gasteiger partial charge is 0.352 e. The molecular weight excluding hydrogens is 248 g/mol. The summed E-state index contributed by atoms with van der Waals surface area (Å²) in [5, 5.41) is 3.19. The number of amides is 1. The molecule has 0 saturated heterocycles. The highest BCUT2D eigenvalue weighted by molar-refractivity contribution is 5.86. The number of hydrogen-bond donors (Lipinski definition) is 2. The third kappa shape index (κ3) is 3.86. The van der Waals surface area contributed by atoms with Crippen LogP contribution < -0.4 is 11.1 Å². The molecule has 0 atom stereocenters. The van der Waals surface area contributed by atoms with Crippen molar-refractivity contribution >= 4 is 18.3 Å². The first-order valence-electron chi connectivity index (χ1n) is 7.20. The molecule has 0 aliphatic heterocycles. The van der Waals surface area contributed by atoms with Gasteiger partial charge in [0.1, 0.15) is 0 Å². The van der Waals surface area contributed by atoms with Crippen molar-refractivity contribution in [3.8, 4) is 0 Å². The number of hydrogen-bond acceptors (Lipinski definition) is 2. The Balaban J connectivity index is 0.00000162. The molecule has 0 aromatic carbocycles. The lowest BCUT2D eigenvalue weighted by atomic mass is 9.81. The maximum absolute atomic E-state index is 12.2. The van der Waals surface area contributed by atoms with E-state index in [1.54, 1.807) is 0 Å². The Hall–Kier alpha value is -0.280. The molecule has 0 heterocycles. The third-order valence-corrected chi connectivity index (χ3v) is 4.55. The van der Waals surface area contributed by atoms with Crippen LogP contribution in [0.4, 0.5) is 0 Å². The lowest BCUT2D eigenvalue weighted by Gasteiger charge is -2.35. The summed E-state index contributed by atoms with van der Waals surface area (Å²) in [5.41, 5.74) is 5.67. The molecule has 0 bridgehead atoms. The summed E-state index contributed by atoms with van der Waals surface area (Å²) in [6.45, 7) is 2.30. The fraction of sp³-hybridized carbons (Fsp3) is 0.929. The summed E-state index contributed by atoms with van der Waals surface area (Å²) in [4.78, 5) is 12.2. The summed E-state index contributed by atoms with van der Waals surface area (Å²) in [5.74, 6) is 0.932. The van der Waals surface area contributed by atoms with Crippen LogP contribution in [0.1, 0.15) is 64.7 Å². The van der Waals surface area contributed by atoms with Crippen molar-refractivity contribution < 1.29 is 4.79 Å². The van der Waals surface area contributed by atoms with Gasteiger partial charge in [-0.15, -0.1) is 12.4 Å². The van der Waals surface area contributed by atoms with Gasteiger partial charge in [0.05, 0.1) is 5.54 Å². The minimum Gasteiger partial charge on any atom is -0.352 e. The van der Waals surface area contributed by atoms with Crippen LogP contribution in [-0.4, -0.2) is 17.5 Å². The van der Waals surface area contributed by atoms with Gasteiger partial charge in [-0.2, -0.15) is 0 Å². The summed E-state index contributed by atoms with van der Waals surface area (Å²) in [6, 6.07) is 0.376. The van der Waals surface area contributed by atoms with Gasteiger partial charge in [0.2, 0.25) is 5.91 Å². The van der Waals surface area contributed by atoms with Gasteiger partial charge >= 0.3 is 0 Å². The minimum atomic E-state index is -0.568. The van der Waals surface area contributed by atoms with Crippen LogP contribution in [-0.2, 0) is 4.79 Å². The van der Waals surface area contributed by atoms with Gasteiger partial charge in [-0.25, -0.2) is 0 Å². The van der Waals surface area contributed by atoms with E-state index in [-0.39, 0.29) is 18.3 Å². The first-order chi connectivity index (χ1) is 8.10. The van der Waals surface area contributed by atoms with Gasteiger partial charge in [0.25, 0.3) is 0 Å². The Morgan fingerprint density at radius 1 is 1.11 bits per heavy atom. The second-order valence-corrected chi connectivity index (χ2v) is 6.15. The number of carbonyl (C=O) groups is 1. The zero-order valence-electron chi connectivity index (χ0n) is 11.4. The topological polar surface area (TPSA) is 55.1 Å². The van der Waals surface area contributed by atoms with E-state index in [4.69, 9.17) is 5.73 Å². The number of halogens is 1. The number of carbonyl (C=O) groups excluding carboxylic acids is 1.